The van der Waals surface area contributed by atoms with Gasteiger partial charge in [-0.25, -0.2) is 9.50 Å². The highest BCUT2D eigenvalue weighted by atomic mass is 16.2. The number of carbonyl (C=O) groups excluding carboxylic acids is 2. The van der Waals surface area contributed by atoms with Gasteiger partial charge in [0.25, 0.3) is 0 Å². The van der Waals surface area contributed by atoms with Crippen molar-refractivity contribution in [3.63, 3.8) is 0 Å². The van der Waals surface area contributed by atoms with Crippen LogP contribution in [0.25, 0.3) is 16.9 Å². The van der Waals surface area contributed by atoms with E-state index in [4.69, 9.17) is 0 Å². The predicted octanol–water partition coefficient (Wildman–Crippen LogP) is 4.37. The van der Waals surface area contributed by atoms with Gasteiger partial charge >= 0.3 is 0 Å². The minimum Gasteiger partial charge on any atom is -0.326 e. The van der Waals surface area contributed by atoms with Crippen LogP contribution in [-0.2, 0) is 4.79 Å². The third-order valence-electron chi connectivity index (χ3n) is 5.58. The van der Waals surface area contributed by atoms with Gasteiger partial charge < -0.3 is 5.32 Å². The fourth-order valence-corrected chi connectivity index (χ4v) is 3.69. The molecule has 0 bridgehead atoms. The summed E-state index contributed by atoms with van der Waals surface area (Å²) in [7, 11) is 0. The second-order valence-electron chi connectivity index (χ2n) is 7.52. The molecule has 2 heterocycles. The summed E-state index contributed by atoms with van der Waals surface area (Å²) < 4.78 is 1.67. The fourth-order valence-electron chi connectivity index (χ4n) is 3.69. The number of fused-ring (bicyclic) bond motifs is 1. The Balaban J connectivity index is 1.50. The van der Waals surface area contributed by atoms with Crippen LogP contribution < -0.4 is 5.32 Å². The number of carbonyl (C=O) groups is 2. The summed E-state index contributed by atoms with van der Waals surface area (Å²) in [5, 5.41) is 7.44. The number of rotatable bonds is 5. The van der Waals surface area contributed by atoms with Gasteiger partial charge in [0, 0.05) is 28.9 Å². The standard InChI is InChI=1S/C24H20N4O2/c29-22(16-6-2-1-3-7-16)20-15-26-28-21(12-13-25-23(20)28)18-10-5-11-19(14-18)27-24(30)17-8-4-9-17/h1-3,5-7,10-15,17H,4,8-9H2,(H,27,30). The molecule has 1 aliphatic rings. The van der Waals surface area contributed by atoms with E-state index in [1.54, 1.807) is 29.0 Å². The molecule has 0 spiro atoms. The number of hydrogen-bond acceptors (Lipinski definition) is 4. The van der Waals surface area contributed by atoms with Gasteiger partial charge in [-0.2, -0.15) is 5.10 Å². The van der Waals surface area contributed by atoms with E-state index in [1.807, 2.05) is 48.5 Å². The zero-order valence-electron chi connectivity index (χ0n) is 16.3. The first-order valence-corrected chi connectivity index (χ1v) is 10.0. The molecule has 4 aromatic rings. The summed E-state index contributed by atoms with van der Waals surface area (Å²) in [6.45, 7) is 0. The molecule has 0 saturated heterocycles. The van der Waals surface area contributed by atoms with Gasteiger partial charge in [0.2, 0.25) is 5.91 Å². The molecule has 1 N–H and O–H groups in total. The highest BCUT2D eigenvalue weighted by Gasteiger charge is 2.25. The molecule has 6 nitrogen and oxygen atoms in total. The first kappa shape index (κ1) is 18.2. The van der Waals surface area contributed by atoms with Crippen LogP contribution in [0.5, 0.6) is 0 Å². The van der Waals surface area contributed by atoms with Gasteiger partial charge in [-0.3, -0.25) is 9.59 Å². The van der Waals surface area contributed by atoms with E-state index in [0.29, 0.717) is 16.8 Å². The number of anilines is 1. The van der Waals surface area contributed by atoms with E-state index in [1.165, 1.54) is 0 Å². The highest BCUT2D eigenvalue weighted by Crippen LogP contribution is 2.29. The van der Waals surface area contributed by atoms with Crippen molar-refractivity contribution in [2.24, 2.45) is 5.92 Å². The average molecular weight is 396 g/mol. The highest BCUT2D eigenvalue weighted by molar-refractivity contribution is 6.12. The average Bonchev–Trinajstić information content (AvgIpc) is 3.17. The molecule has 0 unspecified atom stereocenters. The number of benzene rings is 2. The van der Waals surface area contributed by atoms with Crippen molar-refractivity contribution in [2.45, 2.75) is 19.3 Å². The molecule has 30 heavy (non-hydrogen) atoms. The van der Waals surface area contributed by atoms with E-state index in [2.05, 4.69) is 15.4 Å². The van der Waals surface area contributed by atoms with Crippen molar-refractivity contribution in [3.05, 3.63) is 84.2 Å². The topological polar surface area (TPSA) is 76.4 Å². The zero-order chi connectivity index (χ0) is 20.5. The summed E-state index contributed by atoms with van der Waals surface area (Å²) in [5.41, 5.74) is 3.99. The number of amides is 1. The smallest absolute Gasteiger partial charge is 0.227 e. The van der Waals surface area contributed by atoms with Crippen molar-refractivity contribution >= 4 is 23.0 Å². The Labute approximate surface area is 173 Å². The summed E-state index contributed by atoms with van der Waals surface area (Å²) in [4.78, 5) is 29.6. The minimum absolute atomic E-state index is 0.0770. The maximum absolute atomic E-state index is 12.9. The Bertz CT molecular complexity index is 1240. The zero-order valence-corrected chi connectivity index (χ0v) is 16.3. The summed E-state index contributed by atoms with van der Waals surface area (Å²) in [6.07, 6.45) is 6.28. The molecular formula is C24H20N4O2. The maximum Gasteiger partial charge on any atom is 0.227 e. The Morgan fingerprint density at radius 3 is 2.60 bits per heavy atom. The molecule has 1 saturated carbocycles. The van der Waals surface area contributed by atoms with Gasteiger partial charge in [-0.1, -0.05) is 48.9 Å². The summed E-state index contributed by atoms with van der Waals surface area (Å²) in [6, 6.07) is 18.6. The number of hydrogen-bond donors (Lipinski definition) is 1. The molecule has 1 aliphatic carbocycles. The second-order valence-corrected chi connectivity index (χ2v) is 7.52. The number of nitrogens with one attached hydrogen (secondary N) is 1. The normalized spacial score (nSPS) is 13.7. The quantitative estimate of drug-likeness (QED) is 0.508. The molecule has 0 aliphatic heterocycles. The fraction of sp³-hybridized carbons (Fsp3) is 0.167. The first-order chi connectivity index (χ1) is 14.7. The van der Waals surface area contributed by atoms with Crippen LogP contribution in [0.4, 0.5) is 5.69 Å². The Morgan fingerprint density at radius 2 is 1.83 bits per heavy atom. The van der Waals surface area contributed by atoms with Crippen LogP contribution in [0.1, 0.15) is 35.2 Å². The molecule has 148 valence electrons. The van der Waals surface area contributed by atoms with E-state index in [0.717, 1.165) is 36.2 Å². The van der Waals surface area contributed by atoms with Crippen LogP contribution in [0.3, 0.4) is 0 Å². The molecule has 6 heteroatoms. The Hall–Kier alpha value is -3.80. The van der Waals surface area contributed by atoms with Crippen LogP contribution in [-0.4, -0.2) is 26.3 Å². The lowest BCUT2D eigenvalue weighted by Crippen LogP contribution is -2.27. The van der Waals surface area contributed by atoms with Gasteiger partial charge in [0.1, 0.15) is 0 Å². The van der Waals surface area contributed by atoms with E-state index in [9.17, 15) is 9.59 Å². The van der Waals surface area contributed by atoms with E-state index in [-0.39, 0.29) is 17.6 Å². The lowest BCUT2D eigenvalue weighted by molar-refractivity contribution is -0.122. The Morgan fingerprint density at radius 1 is 1.00 bits per heavy atom. The molecule has 1 amide bonds. The Kier molecular flexibility index (Phi) is 4.59. The predicted molar refractivity (Wildman–Crippen MR) is 114 cm³/mol. The van der Waals surface area contributed by atoms with Crippen molar-refractivity contribution < 1.29 is 9.59 Å². The van der Waals surface area contributed by atoms with Gasteiger partial charge in [-0.05, 0) is 31.0 Å². The second kappa shape index (κ2) is 7.55. The third-order valence-corrected chi connectivity index (χ3v) is 5.58. The first-order valence-electron chi connectivity index (χ1n) is 10.0. The number of ketones is 1. The van der Waals surface area contributed by atoms with E-state index < -0.39 is 0 Å². The number of nitrogens with zero attached hydrogens (tertiary/aromatic N) is 3. The van der Waals surface area contributed by atoms with Crippen LogP contribution in [0, 0.1) is 5.92 Å². The molecule has 2 aromatic heterocycles. The molecule has 2 aromatic carbocycles. The summed E-state index contributed by atoms with van der Waals surface area (Å²) in [5.74, 6) is 0.0869. The van der Waals surface area contributed by atoms with Crippen LogP contribution in [0.15, 0.2) is 73.1 Å². The maximum atomic E-state index is 12.9. The SMILES string of the molecule is O=C(c1ccccc1)c1cnn2c(-c3cccc(NC(=O)C4CCC4)c3)ccnc12. The third kappa shape index (κ3) is 3.26. The molecule has 5 rings (SSSR count). The summed E-state index contributed by atoms with van der Waals surface area (Å²) >= 11 is 0. The van der Waals surface area contributed by atoms with Crippen molar-refractivity contribution in [1.29, 1.82) is 0 Å². The van der Waals surface area contributed by atoms with Crippen LogP contribution in [0.2, 0.25) is 0 Å². The molecule has 0 atom stereocenters. The monoisotopic (exact) mass is 396 g/mol. The minimum atomic E-state index is -0.114. The molecule has 1 fully saturated rings. The largest absolute Gasteiger partial charge is 0.326 e. The molecule has 0 radical (unpaired) electrons. The van der Waals surface area contributed by atoms with Gasteiger partial charge in [0.15, 0.2) is 11.4 Å². The van der Waals surface area contributed by atoms with Crippen molar-refractivity contribution in [2.75, 3.05) is 5.32 Å². The van der Waals surface area contributed by atoms with Gasteiger partial charge in [-0.15, -0.1) is 0 Å². The number of aromatic nitrogens is 3. The molecular weight excluding hydrogens is 376 g/mol. The van der Waals surface area contributed by atoms with Crippen molar-refractivity contribution in [3.8, 4) is 11.3 Å². The van der Waals surface area contributed by atoms with Gasteiger partial charge in [0.05, 0.1) is 17.5 Å². The van der Waals surface area contributed by atoms with Crippen LogP contribution >= 0.6 is 0 Å². The van der Waals surface area contributed by atoms with E-state index >= 15 is 0 Å². The lowest BCUT2D eigenvalue weighted by Gasteiger charge is -2.24. The van der Waals surface area contributed by atoms with Crippen molar-refractivity contribution in [1.82, 2.24) is 14.6 Å². The lowest BCUT2D eigenvalue weighted by atomic mass is 9.85.